The Hall–Kier alpha value is -3.74. The fraction of sp³-hybridized carbons (Fsp3) is 0.100. The molecule has 134 valence electrons. The molecular formula is C20H14N2O5. The van der Waals surface area contributed by atoms with E-state index >= 15 is 0 Å². The summed E-state index contributed by atoms with van der Waals surface area (Å²) in [5, 5.41) is 2.68. The van der Waals surface area contributed by atoms with Crippen molar-refractivity contribution in [3.05, 3.63) is 70.3 Å². The van der Waals surface area contributed by atoms with Gasteiger partial charge in [-0.2, -0.15) is 0 Å². The van der Waals surface area contributed by atoms with Gasteiger partial charge in [0.25, 0.3) is 5.91 Å². The number of fused-ring (bicyclic) bond motifs is 2. The molecule has 0 atom stereocenters. The molecule has 0 saturated heterocycles. The molecule has 7 nitrogen and oxygen atoms in total. The van der Waals surface area contributed by atoms with Gasteiger partial charge < -0.3 is 15.8 Å². The van der Waals surface area contributed by atoms with Crippen molar-refractivity contribution in [3.63, 3.8) is 0 Å². The van der Waals surface area contributed by atoms with Crippen LogP contribution in [0.5, 0.6) is 0 Å². The molecule has 2 aromatic carbocycles. The van der Waals surface area contributed by atoms with Crippen molar-refractivity contribution in [1.29, 1.82) is 0 Å². The van der Waals surface area contributed by atoms with Gasteiger partial charge in [0.15, 0.2) is 0 Å². The van der Waals surface area contributed by atoms with Crippen LogP contribution < -0.4 is 11.1 Å². The normalized spacial score (nSPS) is 15.1. The molecular weight excluding hydrogens is 348 g/mol. The maximum Gasteiger partial charge on any atom is 0.346 e. The first-order chi connectivity index (χ1) is 13.0. The van der Waals surface area contributed by atoms with Crippen molar-refractivity contribution >= 4 is 35.0 Å². The van der Waals surface area contributed by atoms with E-state index < -0.39 is 23.8 Å². The molecule has 27 heavy (non-hydrogen) atoms. The van der Waals surface area contributed by atoms with E-state index in [1.54, 1.807) is 12.1 Å². The average Bonchev–Trinajstić information content (AvgIpc) is 2.94. The van der Waals surface area contributed by atoms with Gasteiger partial charge in [0.05, 0.1) is 16.7 Å². The molecule has 0 bridgehead atoms. The van der Waals surface area contributed by atoms with Crippen molar-refractivity contribution in [3.8, 4) is 0 Å². The van der Waals surface area contributed by atoms with Crippen LogP contribution in [0.25, 0.3) is 5.57 Å². The number of amides is 2. The van der Waals surface area contributed by atoms with Crippen LogP contribution in [0.1, 0.15) is 38.3 Å². The average molecular weight is 362 g/mol. The van der Waals surface area contributed by atoms with Crippen LogP contribution in [0.2, 0.25) is 0 Å². The van der Waals surface area contributed by atoms with Crippen LogP contribution in [0.3, 0.4) is 0 Å². The fourth-order valence-electron chi connectivity index (χ4n) is 3.39. The van der Waals surface area contributed by atoms with Gasteiger partial charge in [-0.1, -0.05) is 24.3 Å². The monoisotopic (exact) mass is 362 g/mol. The number of anilines is 1. The fourth-order valence-corrected chi connectivity index (χ4v) is 3.39. The van der Waals surface area contributed by atoms with Crippen molar-refractivity contribution < 1.29 is 23.9 Å². The highest BCUT2D eigenvalue weighted by Gasteiger charge is 2.31. The summed E-state index contributed by atoms with van der Waals surface area (Å²) in [7, 11) is 0. The number of aryl methyl sites for hydroxylation is 1. The molecule has 2 amide bonds. The number of nitrogens with one attached hydrogen (secondary N) is 1. The zero-order chi connectivity index (χ0) is 19.1. The summed E-state index contributed by atoms with van der Waals surface area (Å²) >= 11 is 0. The summed E-state index contributed by atoms with van der Waals surface area (Å²) in [6.07, 6.45) is 0.998. The number of ether oxygens (including phenoxy) is 1. The molecule has 0 saturated carbocycles. The number of primary amides is 1. The smallest absolute Gasteiger partial charge is 0.346 e. The van der Waals surface area contributed by atoms with Gasteiger partial charge in [0.1, 0.15) is 0 Å². The van der Waals surface area contributed by atoms with Crippen LogP contribution >= 0.6 is 0 Å². The Labute approximate surface area is 153 Å². The Morgan fingerprint density at radius 2 is 1.67 bits per heavy atom. The third-order valence-electron chi connectivity index (χ3n) is 4.66. The van der Waals surface area contributed by atoms with E-state index in [0.29, 0.717) is 24.1 Å². The zero-order valence-electron chi connectivity index (χ0n) is 14.1. The third kappa shape index (κ3) is 2.79. The molecule has 0 radical (unpaired) electrons. The molecule has 7 heteroatoms. The first-order valence-corrected chi connectivity index (χ1v) is 8.29. The number of cyclic esters (lactones) is 2. The lowest BCUT2D eigenvalue weighted by molar-refractivity contribution is -0.115. The SMILES string of the molecule is NC(=O)C1=C(C(=O)Nc2ccc3c(c2)C(=O)OC3=O)c2ccccc2CC1. The summed E-state index contributed by atoms with van der Waals surface area (Å²) in [5.74, 6) is -2.62. The maximum absolute atomic E-state index is 12.9. The molecule has 4 rings (SSSR count). The second kappa shape index (κ2) is 6.21. The van der Waals surface area contributed by atoms with Gasteiger partial charge in [-0.3, -0.25) is 9.59 Å². The molecule has 0 aromatic heterocycles. The number of nitrogens with two attached hydrogens (primary N) is 1. The van der Waals surface area contributed by atoms with E-state index in [0.717, 1.165) is 5.56 Å². The standard InChI is InChI=1S/C20H14N2O5/c21-17(23)14-7-5-10-3-1-2-4-12(10)16(14)18(24)22-11-6-8-13-15(9-11)20(26)27-19(13)25/h1-4,6,8-9H,5,7H2,(H2,21,23)(H,22,24). The van der Waals surface area contributed by atoms with Gasteiger partial charge in [0.2, 0.25) is 5.91 Å². The number of hydrogen-bond acceptors (Lipinski definition) is 5. The van der Waals surface area contributed by atoms with E-state index in [1.807, 2.05) is 12.1 Å². The summed E-state index contributed by atoms with van der Waals surface area (Å²) in [5.41, 5.74) is 8.13. The lowest BCUT2D eigenvalue weighted by Gasteiger charge is -2.21. The van der Waals surface area contributed by atoms with Crippen LogP contribution in [0, 0.1) is 0 Å². The number of hydrogen-bond donors (Lipinski definition) is 2. The molecule has 0 spiro atoms. The second-order valence-electron chi connectivity index (χ2n) is 6.27. The predicted octanol–water partition coefficient (Wildman–Crippen LogP) is 1.82. The third-order valence-corrected chi connectivity index (χ3v) is 4.66. The minimum atomic E-state index is -0.758. The van der Waals surface area contributed by atoms with Gasteiger partial charge in [-0.15, -0.1) is 0 Å². The topological polar surface area (TPSA) is 116 Å². The molecule has 2 aromatic rings. The predicted molar refractivity (Wildman–Crippen MR) is 95.7 cm³/mol. The van der Waals surface area contributed by atoms with E-state index in [-0.39, 0.29) is 22.3 Å². The van der Waals surface area contributed by atoms with E-state index in [1.165, 1.54) is 18.2 Å². The molecule has 0 fully saturated rings. The molecule has 2 aliphatic rings. The van der Waals surface area contributed by atoms with Crippen molar-refractivity contribution in [2.75, 3.05) is 5.32 Å². The molecule has 1 aliphatic heterocycles. The Kier molecular flexibility index (Phi) is 3.84. The number of benzene rings is 2. The molecule has 0 unspecified atom stereocenters. The number of esters is 2. The van der Waals surface area contributed by atoms with Crippen LogP contribution in [-0.2, 0) is 20.7 Å². The summed E-state index contributed by atoms with van der Waals surface area (Å²) in [4.78, 5) is 48.0. The van der Waals surface area contributed by atoms with Gasteiger partial charge in [0, 0.05) is 11.3 Å². The first kappa shape index (κ1) is 16.7. The Balaban J connectivity index is 1.72. The van der Waals surface area contributed by atoms with Gasteiger partial charge >= 0.3 is 11.9 Å². The second-order valence-corrected chi connectivity index (χ2v) is 6.27. The highest BCUT2D eigenvalue weighted by Crippen LogP contribution is 2.32. The Morgan fingerprint density at radius 3 is 2.44 bits per heavy atom. The lowest BCUT2D eigenvalue weighted by atomic mass is 9.84. The number of carbonyl (C=O) groups excluding carboxylic acids is 4. The molecule has 3 N–H and O–H groups in total. The van der Waals surface area contributed by atoms with Crippen molar-refractivity contribution in [1.82, 2.24) is 0 Å². The minimum Gasteiger partial charge on any atom is -0.386 e. The summed E-state index contributed by atoms with van der Waals surface area (Å²) in [6.45, 7) is 0. The van der Waals surface area contributed by atoms with Gasteiger partial charge in [-0.25, -0.2) is 9.59 Å². The molecule has 1 aliphatic carbocycles. The number of rotatable bonds is 3. The van der Waals surface area contributed by atoms with Crippen LogP contribution in [-0.4, -0.2) is 23.8 Å². The quantitative estimate of drug-likeness (QED) is 0.638. The van der Waals surface area contributed by atoms with Crippen LogP contribution in [0.15, 0.2) is 48.0 Å². The Bertz CT molecular complexity index is 1070. The maximum atomic E-state index is 12.9. The Morgan fingerprint density at radius 1 is 0.926 bits per heavy atom. The minimum absolute atomic E-state index is 0.0888. The highest BCUT2D eigenvalue weighted by atomic mass is 16.6. The summed E-state index contributed by atoms with van der Waals surface area (Å²) < 4.78 is 4.54. The largest absolute Gasteiger partial charge is 0.386 e. The summed E-state index contributed by atoms with van der Waals surface area (Å²) in [6, 6.07) is 11.6. The van der Waals surface area contributed by atoms with Crippen molar-refractivity contribution in [2.45, 2.75) is 12.8 Å². The lowest BCUT2D eigenvalue weighted by Crippen LogP contribution is -2.25. The van der Waals surface area contributed by atoms with Crippen LogP contribution in [0.4, 0.5) is 5.69 Å². The molecule has 1 heterocycles. The number of carbonyl (C=O) groups is 4. The van der Waals surface area contributed by atoms with E-state index in [4.69, 9.17) is 5.73 Å². The highest BCUT2D eigenvalue weighted by molar-refractivity contribution is 6.30. The van der Waals surface area contributed by atoms with Crippen molar-refractivity contribution in [2.24, 2.45) is 5.73 Å². The zero-order valence-corrected chi connectivity index (χ0v) is 14.1. The van der Waals surface area contributed by atoms with Gasteiger partial charge in [-0.05, 0) is 42.2 Å². The van der Waals surface area contributed by atoms with E-state index in [9.17, 15) is 19.2 Å². The first-order valence-electron chi connectivity index (χ1n) is 8.29. The van der Waals surface area contributed by atoms with E-state index in [2.05, 4.69) is 10.1 Å².